The van der Waals surface area contributed by atoms with Gasteiger partial charge in [0.15, 0.2) is 10.0 Å². The van der Waals surface area contributed by atoms with E-state index in [9.17, 15) is 0 Å². The lowest BCUT2D eigenvalue weighted by Gasteiger charge is -2.03. The zero-order valence-electron chi connectivity index (χ0n) is 18.8. The smallest absolute Gasteiger partial charge is 0.152 e. The van der Waals surface area contributed by atoms with E-state index >= 15 is 0 Å². The molecule has 2 heterocycles. The molecular formula is C31H20N2S2. The summed E-state index contributed by atoms with van der Waals surface area (Å²) in [4.78, 5) is 9.86. The number of aromatic nitrogens is 2. The third-order valence-electron chi connectivity index (χ3n) is 6.57. The predicted molar refractivity (Wildman–Crippen MR) is 148 cm³/mol. The topological polar surface area (TPSA) is 25.8 Å². The van der Waals surface area contributed by atoms with Crippen LogP contribution in [0.1, 0.15) is 11.1 Å². The zero-order valence-corrected chi connectivity index (χ0v) is 20.4. The number of thiazole rings is 2. The number of hydrogen-bond acceptors (Lipinski definition) is 4. The summed E-state index contributed by atoms with van der Waals surface area (Å²) >= 11 is 3.32. The van der Waals surface area contributed by atoms with Gasteiger partial charge in [0.2, 0.25) is 0 Å². The molecule has 0 amide bonds. The average Bonchev–Trinajstić information content (AvgIpc) is 3.67. The van der Waals surface area contributed by atoms with Crippen LogP contribution in [0, 0.1) is 0 Å². The van der Waals surface area contributed by atoms with Crippen molar-refractivity contribution >= 4 is 22.7 Å². The molecule has 0 aliphatic heterocycles. The van der Waals surface area contributed by atoms with Crippen molar-refractivity contribution < 1.29 is 0 Å². The van der Waals surface area contributed by atoms with E-state index < -0.39 is 0 Å². The van der Waals surface area contributed by atoms with Crippen LogP contribution in [0.5, 0.6) is 0 Å². The number of benzene rings is 4. The Labute approximate surface area is 212 Å². The third kappa shape index (κ3) is 3.72. The van der Waals surface area contributed by atoms with Gasteiger partial charge in [0.1, 0.15) is 0 Å². The van der Waals surface area contributed by atoms with E-state index in [2.05, 4.69) is 102 Å². The van der Waals surface area contributed by atoms with Crippen LogP contribution in [-0.2, 0) is 6.42 Å². The summed E-state index contributed by atoms with van der Waals surface area (Å²) in [5.41, 5.74) is 12.3. The first kappa shape index (κ1) is 20.5. The number of nitrogens with zero attached hydrogens (tertiary/aromatic N) is 2. The van der Waals surface area contributed by atoms with Crippen LogP contribution in [0.2, 0.25) is 0 Å². The molecule has 1 aliphatic rings. The van der Waals surface area contributed by atoms with Gasteiger partial charge >= 0.3 is 0 Å². The maximum absolute atomic E-state index is 4.95. The molecule has 0 fully saturated rings. The molecule has 35 heavy (non-hydrogen) atoms. The summed E-state index contributed by atoms with van der Waals surface area (Å²) < 4.78 is 0. The monoisotopic (exact) mass is 484 g/mol. The molecule has 0 spiro atoms. The lowest BCUT2D eigenvalue weighted by atomic mass is 10.0. The van der Waals surface area contributed by atoms with Crippen molar-refractivity contribution in [1.29, 1.82) is 0 Å². The highest BCUT2D eigenvalue weighted by Crippen LogP contribution is 2.39. The quantitative estimate of drug-likeness (QED) is 0.249. The van der Waals surface area contributed by atoms with Gasteiger partial charge < -0.3 is 0 Å². The fourth-order valence-corrected chi connectivity index (χ4v) is 6.49. The van der Waals surface area contributed by atoms with Gasteiger partial charge in [-0.1, -0.05) is 91.0 Å². The van der Waals surface area contributed by atoms with Crippen LogP contribution >= 0.6 is 22.7 Å². The third-order valence-corrected chi connectivity index (χ3v) is 8.40. The molecule has 0 bridgehead atoms. The Morgan fingerprint density at radius 3 is 1.83 bits per heavy atom. The molecule has 0 unspecified atom stereocenters. The Morgan fingerprint density at radius 2 is 1.06 bits per heavy atom. The van der Waals surface area contributed by atoms with Crippen LogP contribution in [0.3, 0.4) is 0 Å². The number of rotatable bonds is 4. The van der Waals surface area contributed by atoms with Crippen molar-refractivity contribution in [1.82, 2.24) is 9.97 Å². The van der Waals surface area contributed by atoms with Crippen LogP contribution < -0.4 is 0 Å². The number of fused-ring (bicyclic) bond motifs is 3. The molecule has 0 atom stereocenters. The fraction of sp³-hybridized carbons (Fsp3) is 0.0323. The normalized spacial score (nSPS) is 11.9. The molecule has 0 saturated carbocycles. The molecule has 0 N–H and O–H groups in total. The summed E-state index contributed by atoms with van der Waals surface area (Å²) in [6.45, 7) is 0. The minimum absolute atomic E-state index is 0.969. The molecule has 0 saturated heterocycles. The Bertz CT molecular complexity index is 1660. The molecule has 2 aromatic heterocycles. The minimum atomic E-state index is 0.969. The van der Waals surface area contributed by atoms with Gasteiger partial charge in [-0.2, -0.15) is 0 Å². The van der Waals surface area contributed by atoms with Crippen molar-refractivity contribution in [3.63, 3.8) is 0 Å². The summed E-state index contributed by atoms with van der Waals surface area (Å²) in [5.74, 6) is 0. The van der Waals surface area contributed by atoms with Gasteiger partial charge in [0.25, 0.3) is 0 Å². The average molecular weight is 485 g/mol. The van der Waals surface area contributed by atoms with Crippen molar-refractivity contribution in [3.05, 3.63) is 119 Å². The summed E-state index contributed by atoms with van der Waals surface area (Å²) in [5, 5.41) is 6.22. The Morgan fingerprint density at radius 1 is 0.486 bits per heavy atom. The van der Waals surface area contributed by atoms with Crippen LogP contribution in [0.25, 0.3) is 54.8 Å². The van der Waals surface area contributed by atoms with E-state index in [0.29, 0.717) is 0 Å². The number of hydrogen-bond donors (Lipinski definition) is 0. The summed E-state index contributed by atoms with van der Waals surface area (Å²) in [7, 11) is 0. The van der Waals surface area contributed by atoms with Gasteiger partial charge in [-0.15, -0.1) is 22.7 Å². The highest BCUT2D eigenvalue weighted by Gasteiger charge is 2.19. The molecule has 4 heteroatoms. The van der Waals surface area contributed by atoms with Crippen molar-refractivity contribution in [2.75, 3.05) is 0 Å². The summed E-state index contributed by atoms with van der Waals surface area (Å²) in [6.07, 6.45) is 0.995. The van der Waals surface area contributed by atoms with Crippen LogP contribution in [0.15, 0.2) is 108 Å². The van der Waals surface area contributed by atoms with Crippen LogP contribution in [0.4, 0.5) is 0 Å². The fourth-order valence-electron chi connectivity index (χ4n) is 4.78. The van der Waals surface area contributed by atoms with Gasteiger partial charge in [-0.25, -0.2) is 9.97 Å². The molecule has 2 nitrogen and oxygen atoms in total. The van der Waals surface area contributed by atoms with E-state index in [4.69, 9.17) is 9.97 Å². The molecule has 0 radical (unpaired) electrons. The Balaban J connectivity index is 1.14. The molecule has 1 aliphatic carbocycles. The first-order valence-corrected chi connectivity index (χ1v) is 13.4. The second-order valence-corrected chi connectivity index (χ2v) is 10.4. The predicted octanol–water partition coefficient (Wildman–Crippen LogP) is 8.84. The SMILES string of the molecule is c1ccc(-c2ccc(-c3csc(-c4nc(-c5ccc6c(c5)Cc5ccccc5-6)cs4)n3)cc2)cc1. The first-order chi connectivity index (χ1) is 17.3. The van der Waals surface area contributed by atoms with Crippen molar-refractivity contribution in [2.45, 2.75) is 6.42 Å². The van der Waals surface area contributed by atoms with E-state index in [1.807, 2.05) is 6.07 Å². The van der Waals surface area contributed by atoms with Gasteiger partial charge in [0.05, 0.1) is 11.4 Å². The standard InChI is InChI=1S/C31H20N2S2/c1-2-6-20(7-3-1)21-10-12-22(13-11-21)28-18-34-30(32-28)31-33-29(19-35-31)24-14-15-27-25(17-24)16-23-8-4-5-9-26(23)27/h1-15,17-19H,16H2. The maximum Gasteiger partial charge on any atom is 0.152 e. The second-order valence-electron chi connectivity index (χ2n) is 8.73. The zero-order chi connectivity index (χ0) is 23.2. The summed E-state index contributed by atoms with van der Waals surface area (Å²) in [6, 6.07) is 34.5. The minimum Gasteiger partial charge on any atom is -0.233 e. The Hall–Kier alpha value is -3.86. The van der Waals surface area contributed by atoms with Crippen molar-refractivity contribution in [3.8, 4) is 54.8 Å². The lowest BCUT2D eigenvalue weighted by molar-refractivity contribution is 1.26. The van der Waals surface area contributed by atoms with E-state index in [-0.39, 0.29) is 0 Å². The van der Waals surface area contributed by atoms with Gasteiger partial charge in [0, 0.05) is 21.9 Å². The lowest BCUT2D eigenvalue weighted by Crippen LogP contribution is -1.84. The Kier molecular flexibility index (Phi) is 4.93. The van der Waals surface area contributed by atoms with Gasteiger partial charge in [-0.3, -0.25) is 0 Å². The largest absolute Gasteiger partial charge is 0.233 e. The molecular weight excluding hydrogens is 464 g/mol. The van der Waals surface area contributed by atoms with Gasteiger partial charge in [-0.05, 0) is 45.9 Å². The molecule has 166 valence electrons. The highest BCUT2D eigenvalue weighted by molar-refractivity contribution is 7.20. The first-order valence-electron chi connectivity index (χ1n) is 11.6. The molecule has 7 rings (SSSR count). The highest BCUT2D eigenvalue weighted by atomic mass is 32.1. The maximum atomic E-state index is 4.95. The van der Waals surface area contributed by atoms with Crippen LogP contribution in [-0.4, -0.2) is 9.97 Å². The molecule has 4 aromatic carbocycles. The second kappa shape index (κ2) is 8.42. The van der Waals surface area contributed by atoms with E-state index in [1.54, 1.807) is 22.7 Å². The van der Waals surface area contributed by atoms with E-state index in [1.165, 1.54) is 38.9 Å². The van der Waals surface area contributed by atoms with Crippen molar-refractivity contribution in [2.24, 2.45) is 0 Å². The molecule has 6 aromatic rings. The van der Waals surface area contributed by atoms with E-state index in [0.717, 1.165) is 33.4 Å².